The molecule has 0 atom stereocenters. The molecule has 5 nitrogen and oxygen atoms in total. The summed E-state index contributed by atoms with van der Waals surface area (Å²) in [4.78, 5) is 19.7. The smallest absolute Gasteiger partial charge is 0.254 e. The summed E-state index contributed by atoms with van der Waals surface area (Å²) in [5.74, 6) is -1.14. The Morgan fingerprint density at radius 3 is 2.86 bits per heavy atom. The van der Waals surface area contributed by atoms with Gasteiger partial charge in [0.15, 0.2) is 5.82 Å². The van der Waals surface area contributed by atoms with Crippen LogP contribution in [0.5, 0.6) is 0 Å². The maximum absolute atomic E-state index is 13.5. The Bertz CT molecular complexity index is 788. The molecule has 1 N–H and O–H groups in total. The molecule has 6 heteroatoms. The van der Waals surface area contributed by atoms with Gasteiger partial charge in [0.25, 0.3) is 5.91 Å². The monoisotopic (exact) mass is 297 g/mol. The lowest BCUT2D eigenvalue weighted by Gasteiger charge is -2.07. The van der Waals surface area contributed by atoms with E-state index in [1.807, 2.05) is 12.1 Å². The predicted molar refractivity (Wildman–Crippen MR) is 77.3 cm³/mol. The summed E-state index contributed by atoms with van der Waals surface area (Å²) in [6.07, 6.45) is 8.93. The van der Waals surface area contributed by atoms with Gasteiger partial charge in [0, 0.05) is 36.3 Å². The zero-order valence-corrected chi connectivity index (χ0v) is 11.5. The summed E-state index contributed by atoms with van der Waals surface area (Å²) >= 11 is 0. The van der Waals surface area contributed by atoms with Crippen LogP contribution in [0.15, 0.2) is 59.9 Å². The van der Waals surface area contributed by atoms with Crippen molar-refractivity contribution < 1.29 is 13.6 Å². The second kappa shape index (κ2) is 6.17. The van der Waals surface area contributed by atoms with Crippen molar-refractivity contribution in [3.05, 3.63) is 72.5 Å². The molecule has 0 fully saturated rings. The number of rotatable bonds is 4. The average molecular weight is 297 g/mol. The average Bonchev–Trinajstić information content (AvgIpc) is 3.08. The Morgan fingerprint density at radius 2 is 2.09 bits per heavy atom. The number of hydrogen-bond acceptors (Lipinski definition) is 4. The first-order valence-electron chi connectivity index (χ1n) is 6.58. The zero-order chi connectivity index (χ0) is 15.4. The van der Waals surface area contributed by atoms with Gasteiger partial charge < -0.3 is 9.73 Å². The van der Waals surface area contributed by atoms with E-state index in [0.717, 1.165) is 22.9 Å². The van der Waals surface area contributed by atoms with Gasteiger partial charge in [-0.3, -0.25) is 14.8 Å². The number of hydrogen-bond donors (Lipinski definition) is 1. The van der Waals surface area contributed by atoms with E-state index in [0.29, 0.717) is 0 Å². The van der Waals surface area contributed by atoms with E-state index in [1.165, 1.54) is 12.3 Å². The van der Waals surface area contributed by atoms with Crippen molar-refractivity contribution in [3.8, 4) is 11.1 Å². The fourth-order valence-corrected chi connectivity index (χ4v) is 2.01. The summed E-state index contributed by atoms with van der Waals surface area (Å²) in [6.45, 7) is 0.249. The number of pyridine rings is 2. The molecule has 0 unspecified atom stereocenters. The van der Waals surface area contributed by atoms with Crippen molar-refractivity contribution in [1.29, 1.82) is 0 Å². The molecule has 0 aromatic carbocycles. The highest BCUT2D eigenvalue weighted by Crippen LogP contribution is 2.19. The fourth-order valence-electron chi connectivity index (χ4n) is 2.01. The van der Waals surface area contributed by atoms with Gasteiger partial charge in [-0.1, -0.05) is 0 Å². The molecule has 0 bridgehead atoms. The van der Waals surface area contributed by atoms with Crippen LogP contribution in [-0.2, 0) is 6.54 Å². The van der Waals surface area contributed by atoms with E-state index >= 15 is 0 Å². The number of nitrogens with one attached hydrogen (secondary N) is 1. The van der Waals surface area contributed by atoms with Crippen molar-refractivity contribution in [2.45, 2.75) is 6.54 Å². The van der Waals surface area contributed by atoms with E-state index < -0.39 is 11.7 Å². The first-order valence-corrected chi connectivity index (χ1v) is 6.58. The molecule has 3 rings (SSSR count). The maximum atomic E-state index is 13.5. The van der Waals surface area contributed by atoms with E-state index in [4.69, 9.17) is 4.42 Å². The molecular formula is C16H12FN3O2. The van der Waals surface area contributed by atoms with E-state index in [9.17, 15) is 9.18 Å². The van der Waals surface area contributed by atoms with Gasteiger partial charge in [-0.25, -0.2) is 4.39 Å². The Kier molecular flexibility index (Phi) is 3.91. The molecule has 0 saturated heterocycles. The Labute approximate surface area is 125 Å². The van der Waals surface area contributed by atoms with Crippen LogP contribution in [0, 0.1) is 5.82 Å². The molecule has 0 saturated carbocycles. The predicted octanol–water partition coefficient (Wildman–Crippen LogP) is 2.81. The van der Waals surface area contributed by atoms with Crippen molar-refractivity contribution >= 4 is 5.91 Å². The maximum Gasteiger partial charge on any atom is 0.254 e. The number of furan rings is 1. The molecule has 0 radical (unpaired) electrons. The minimum absolute atomic E-state index is 0.0334. The second-order valence-corrected chi connectivity index (χ2v) is 4.63. The molecule has 1 amide bonds. The van der Waals surface area contributed by atoms with Gasteiger partial charge in [0.1, 0.15) is 0 Å². The highest BCUT2D eigenvalue weighted by atomic mass is 19.1. The minimum atomic E-state index is -0.648. The third-order valence-corrected chi connectivity index (χ3v) is 3.12. The van der Waals surface area contributed by atoms with Crippen LogP contribution < -0.4 is 5.32 Å². The molecule has 110 valence electrons. The topological polar surface area (TPSA) is 68.0 Å². The third-order valence-electron chi connectivity index (χ3n) is 3.12. The summed E-state index contributed by atoms with van der Waals surface area (Å²) in [5.41, 5.74) is 2.56. The van der Waals surface area contributed by atoms with Crippen molar-refractivity contribution in [2.24, 2.45) is 0 Å². The van der Waals surface area contributed by atoms with Crippen molar-refractivity contribution in [3.63, 3.8) is 0 Å². The van der Waals surface area contributed by atoms with Crippen LogP contribution in [0.3, 0.4) is 0 Å². The zero-order valence-electron chi connectivity index (χ0n) is 11.5. The summed E-state index contributed by atoms with van der Waals surface area (Å²) < 4.78 is 18.5. The number of carbonyl (C=O) groups excluding carboxylic acids is 1. The van der Waals surface area contributed by atoms with Crippen molar-refractivity contribution in [1.82, 2.24) is 15.3 Å². The van der Waals surface area contributed by atoms with Gasteiger partial charge in [-0.05, 0) is 23.8 Å². The van der Waals surface area contributed by atoms with Crippen molar-refractivity contribution in [2.75, 3.05) is 0 Å². The van der Waals surface area contributed by atoms with Gasteiger partial charge in [0.2, 0.25) is 0 Å². The van der Waals surface area contributed by atoms with Gasteiger partial charge in [-0.15, -0.1) is 0 Å². The molecule has 3 heterocycles. The van der Waals surface area contributed by atoms with Crippen LogP contribution in [-0.4, -0.2) is 15.9 Å². The lowest BCUT2D eigenvalue weighted by atomic mass is 10.1. The number of nitrogens with zero attached hydrogens (tertiary/aromatic N) is 2. The summed E-state index contributed by atoms with van der Waals surface area (Å²) in [6, 6.07) is 5.05. The Balaban J connectivity index is 1.71. The Morgan fingerprint density at radius 1 is 1.18 bits per heavy atom. The highest BCUT2D eigenvalue weighted by Gasteiger charge is 2.11. The van der Waals surface area contributed by atoms with Gasteiger partial charge in [0.05, 0.1) is 24.3 Å². The van der Waals surface area contributed by atoms with Gasteiger partial charge >= 0.3 is 0 Å². The summed E-state index contributed by atoms with van der Waals surface area (Å²) in [5, 5.41) is 2.66. The quantitative estimate of drug-likeness (QED) is 0.804. The molecule has 3 aromatic heterocycles. The second-order valence-electron chi connectivity index (χ2n) is 4.63. The standard InChI is InChI=1S/C16H12FN3O2/c17-15-9-18-3-1-14(15)16(21)20-7-11-5-13(8-19-6-11)12-2-4-22-10-12/h1-6,8-10H,7H2,(H,20,21). The highest BCUT2D eigenvalue weighted by molar-refractivity contribution is 5.94. The van der Waals surface area contributed by atoms with E-state index in [-0.39, 0.29) is 12.1 Å². The van der Waals surface area contributed by atoms with E-state index in [1.54, 1.807) is 24.9 Å². The number of carbonyl (C=O) groups is 1. The van der Waals surface area contributed by atoms with Crippen LogP contribution >= 0.6 is 0 Å². The van der Waals surface area contributed by atoms with Crippen LogP contribution in [0.1, 0.15) is 15.9 Å². The first kappa shape index (κ1) is 13.9. The lowest BCUT2D eigenvalue weighted by Crippen LogP contribution is -2.24. The normalized spacial score (nSPS) is 10.4. The van der Waals surface area contributed by atoms with Crippen LogP contribution in [0.2, 0.25) is 0 Å². The number of amides is 1. The number of aromatic nitrogens is 2. The molecule has 0 aliphatic carbocycles. The largest absolute Gasteiger partial charge is 0.472 e. The van der Waals surface area contributed by atoms with Crippen LogP contribution in [0.4, 0.5) is 4.39 Å². The third kappa shape index (κ3) is 3.01. The lowest BCUT2D eigenvalue weighted by molar-refractivity contribution is 0.0946. The van der Waals surface area contributed by atoms with Crippen LogP contribution in [0.25, 0.3) is 11.1 Å². The van der Waals surface area contributed by atoms with Gasteiger partial charge in [-0.2, -0.15) is 0 Å². The fraction of sp³-hybridized carbons (Fsp3) is 0.0625. The SMILES string of the molecule is O=C(NCc1cncc(-c2ccoc2)c1)c1ccncc1F. The molecule has 0 aliphatic rings. The molecule has 0 aliphatic heterocycles. The Hall–Kier alpha value is -3.02. The molecule has 22 heavy (non-hydrogen) atoms. The molecule has 0 spiro atoms. The first-order chi connectivity index (χ1) is 10.7. The summed E-state index contributed by atoms with van der Waals surface area (Å²) in [7, 11) is 0. The molecule has 3 aromatic rings. The minimum Gasteiger partial charge on any atom is -0.472 e. The molecular weight excluding hydrogens is 285 g/mol. The van der Waals surface area contributed by atoms with E-state index in [2.05, 4.69) is 15.3 Å². The number of halogens is 1.